The van der Waals surface area contributed by atoms with Crippen LogP contribution >= 0.6 is 0 Å². The van der Waals surface area contributed by atoms with Crippen molar-refractivity contribution in [3.63, 3.8) is 0 Å². The average Bonchev–Trinajstić information content (AvgIpc) is 2.79. The fourth-order valence-electron chi connectivity index (χ4n) is 5.03. The van der Waals surface area contributed by atoms with Crippen LogP contribution in [0.5, 0.6) is 0 Å². The SMILES string of the molecule is CC=CC(=O)OC1CCCC2C3CCCCC3CC12. The maximum Gasteiger partial charge on any atom is 0.330 e. The fraction of sp³-hybridized carbons (Fsp3) is 0.824. The van der Waals surface area contributed by atoms with Crippen LogP contribution in [0, 0.1) is 23.7 Å². The molecule has 0 aliphatic heterocycles. The highest BCUT2D eigenvalue weighted by Gasteiger charge is 2.48. The van der Waals surface area contributed by atoms with Gasteiger partial charge in [0.25, 0.3) is 0 Å². The summed E-state index contributed by atoms with van der Waals surface area (Å²) in [6.07, 6.45) is 14.3. The Balaban J connectivity index is 1.68. The molecular weight excluding hydrogens is 236 g/mol. The molecule has 0 spiro atoms. The van der Waals surface area contributed by atoms with Crippen LogP contribution in [0.4, 0.5) is 0 Å². The van der Waals surface area contributed by atoms with Crippen molar-refractivity contribution < 1.29 is 9.53 Å². The molecule has 3 aliphatic rings. The highest BCUT2D eigenvalue weighted by Crippen LogP contribution is 2.54. The number of allylic oxidation sites excluding steroid dienone is 1. The highest BCUT2D eigenvalue weighted by molar-refractivity contribution is 5.81. The Bertz CT molecular complexity index is 360. The minimum Gasteiger partial charge on any atom is -0.459 e. The monoisotopic (exact) mass is 262 g/mol. The van der Waals surface area contributed by atoms with Crippen LogP contribution < -0.4 is 0 Å². The van der Waals surface area contributed by atoms with Gasteiger partial charge in [-0.1, -0.05) is 25.3 Å². The van der Waals surface area contributed by atoms with Crippen LogP contribution in [-0.4, -0.2) is 12.1 Å². The van der Waals surface area contributed by atoms with E-state index in [9.17, 15) is 4.79 Å². The predicted molar refractivity (Wildman–Crippen MR) is 75.6 cm³/mol. The molecule has 3 saturated carbocycles. The summed E-state index contributed by atoms with van der Waals surface area (Å²) < 4.78 is 5.73. The van der Waals surface area contributed by atoms with E-state index in [0.29, 0.717) is 5.92 Å². The zero-order valence-corrected chi connectivity index (χ0v) is 12.0. The summed E-state index contributed by atoms with van der Waals surface area (Å²) in [7, 11) is 0. The van der Waals surface area contributed by atoms with Gasteiger partial charge in [0, 0.05) is 6.08 Å². The molecule has 5 unspecified atom stereocenters. The first kappa shape index (κ1) is 13.2. The molecule has 0 heterocycles. The number of hydrogen-bond acceptors (Lipinski definition) is 2. The Morgan fingerprint density at radius 1 is 1.00 bits per heavy atom. The summed E-state index contributed by atoms with van der Waals surface area (Å²) in [6, 6.07) is 0. The summed E-state index contributed by atoms with van der Waals surface area (Å²) in [5, 5.41) is 0. The Labute approximate surface area is 116 Å². The van der Waals surface area contributed by atoms with Gasteiger partial charge in [0.1, 0.15) is 6.10 Å². The van der Waals surface area contributed by atoms with Crippen molar-refractivity contribution in [3.8, 4) is 0 Å². The summed E-state index contributed by atoms with van der Waals surface area (Å²) in [5.41, 5.74) is 0. The van der Waals surface area contributed by atoms with E-state index in [0.717, 1.165) is 24.2 Å². The van der Waals surface area contributed by atoms with Crippen molar-refractivity contribution in [2.75, 3.05) is 0 Å². The van der Waals surface area contributed by atoms with Gasteiger partial charge >= 0.3 is 5.97 Å². The largest absolute Gasteiger partial charge is 0.459 e. The second kappa shape index (κ2) is 5.68. The van der Waals surface area contributed by atoms with Crippen molar-refractivity contribution >= 4 is 5.97 Å². The third-order valence-electron chi connectivity index (χ3n) is 5.72. The second-order valence-corrected chi connectivity index (χ2v) is 6.68. The topological polar surface area (TPSA) is 26.3 Å². The van der Waals surface area contributed by atoms with Crippen molar-refractivity contribution in [1.29, 1.82) is 0 Å². The van der Waals surface area contributed by atoms with Crippen molar-refractivity contribution in [1.82, 2.24) is 0 Å². The maximum absolute atomic E-state index is 11.7. The van der Waals surface area contributed by atoms with Crippen LogP contribution in [0.25, 0.3) is 0 Å². The normalized spacial score (nSPS) is 41.8. The van der Waals surface area contributed by atoms with Gasteiger partial charge in [0.2, 0.25) is 0 Å². The Kier molecular flexibility index (Phi) is 3.95. The lowest BCUT2D eigenvalue weighted by Gasteiger charge is -2.36. The van der Waals surface area contributed by atoms with Crippen molar-refractivity contribution in [3.05, 3.63) is 12.2 Å². The minimum atomic E-state index is -0.136. The molecule has 0 aromatic carbocycles. The molecule has 3 rings (SSSR count). The lowest BCUT2D eigenvalue weighted by molar-refractivity contribution is -0.148. The number of ether oxygens (including phenoxy) is 1. The summed E-state index contributed by atoms with van der Waals surface area (Å²) in [4.78, 5) is 11.7. The molecule has 0 amide bonds. The smallest absolute Gasteiger partial charge is 0.330 e. The predicted octanol–water partition coefficient (Wildman–Crippen LogP) is 4.10. The lowest BCUT2D eigenvalue weighted by Crippen LogP contribution is -2.34. The molecule has 2 heteroatoms. The van der Waals surface area contributed by atoms with Gasteiger partial charge in [-0.3, -0.25) is 0 Å². The van der Waals surface area contributed by atoms with E-state index in [4.69, 9.17) is 4.74 Å². The zero-order valence-electron chi connectivity index (χ0n) is 12.0. The molecule has 106 valence electrons. The van der Waals surface area contributed by atoms with Crippen LogP contribution in [-0.2, 0) is 9.53 Å². The first-order chi connectivity index (χ1) is 9.29. The molecule has 0 aromatic heterocycles. The molecule has 3 fully saturated rings. The van der Waals surface area contributed by atoms with E-state index in [1.165, 1.54) is 44.9 Å². The Hall–Kier alpha value is -0.790. The van der Waals surface area contributed by atoms with Gasteiger partial charge in [-0.2, -0.15) is 0 Å². The van der Waals surface area contributed by atoms with E-state index in [-0.39, 0.29) is 12.1 Å². The fourth-order valence-corrected chi connectivity index (χ4v) is 5.03. The molecule has 0 radical (unpaired) electrons. The lowest BCUT2D eigenvalue weighted by atomic mass is 9.72. The number of carbonyl (C=O) groups is 1. The van der Waals surface area contributed by atoms with Gasteiger partial charge in [-0.15, -0.1) is 0 Å². The molecule has 0 saturated heterocycles. The van der Waals surface area contributed by atoms with E-state index in [1.807, 2.05) is 6.92 Å². The molecule has 0 aromatic rings. The third kappa shape index (κ3) is 2.59. The van der Waals surface area contributed by atoms with Gasteiger partial charge in [0.05, 0.1) is 0 Å². The number of carbonyl (C=O) groups excluding carboxylic acids is 1. The van der Waals surface area contributed by atoms with Gasteiger partial charge in [-0.05, 0) is 62.7 Å². The molecule has 0 N–H and O–H groups in total. The Morgan fingerprint density at radius 3 is 2.63 bits per heavy atom. The first-order valence-electron chi connectivity index (χ1n) is 8.13. The number of rotatable bonds is 2. The zero-order chi connectivity index (χ0) is 13.2. The van der Waals surface area contributed by atoms with E-state index >= 15 is 0 Å². The van der Waals surface area contributed by atoms with Gasteiger partial charge in [-0.25, -0.2) is 4.79 Å². The van der Waals surface area contributed by atoms with Crippen molar-refractivity contribution in [2.45, 2.75) is 64.4 Å². The molecule has 0 bridgehead atoms. The van der Waals surface area contributed by atoms with Crippen LogP contribution in [0.15, 0.2) is 12.2 Å². The van der Waals surface area contributed by atoms with Crippen LogP contribution in [0.1, 0.15) is 58.3 Å². The van der Waals surface area contributed by atoms with E-state index in [2.05, 4.69) is 0 Å². The maximum atomic E-state index is 11.7. The molecule has 19 heavy (non-hydrogen) atoms. The number of hydrogen-bond donors (Lipinski definition) is 0. The third-order valence-corrected chi connectivity index (χ3v) is 5.72. The average molecular weight is 262 g/mol. The quantitative estimate of drug-likeness (QED) is 0.553. The summed E-state index contributed by atoms with van der Waals surface area (Å²) in [6.45, 7) is 1.87. The van der Waals surface area contributed by atoms with Gasteiger partial charge in [0.15, 0.2) is 0 Å². The summed E-state index contributed by atoms with van der Waals surface area (Å²) in [5.74, 6) is 3.26. The molecule has 2 nitrogen and oxygen atoms in total. The standard InChI is InChI=1S/C17H26O2/c1-2-6-17(18)19-16-10-5-9-14-13-8-4-3-7-12(13)11-15(14)16/h2,6,12-16H,3-5,7-11H2,1H3. The first-order valence-corrected chi connectivity index (χ1v) is 8.13. The molecule has 3 aliphatic carbocycles. The molecule has 5 atom stereocenters. The van der Waals surface area contributed by atoms with Crippen LogP contribution in [0.3, 0.4) is 0 Å². The van der Waals surface area contributed by atoms with E-state index < -0.39 is 0 Å². The number of fused-ring (bicyclic) bond motifs is 3. The summed E-state index contributed by atoms with van der Waals surface area (Å²) >= 11 is 0. The van der Waals surface area contributed by atoms with Crippen molar-refractivity contribution in [2.24, 2.45) is 23.7 Å². The van der Waals surface area contributed by atoms with Gasteiger partial charge < -0.3 is 4.74 Å². The molecular formula is C17H26O2. The number of esters is 1. The van der Waals surface area contributed by atoms with E-state index in [1.54, 1.807) is 12.2 Å². The second-order valence-electron chi connectivity index (χ2n) is 6.68. The minimum absolute atomic E-state index is 0.136. The highest BCUT2D eigenvalue weighted by atomic mass is 16.5. The Morgan fingerprint density at radius 2 is 1.79 bits per heavy atom. The van der Waals surface area contributed by atoms with Crippen LogP contribution in [0.2, 0.25) is 0 Å².